The zero-order chi connectivity index (χ0) is 13.2. The molecule has 1 aromatic rings. The van der Waals surface area contributed by atoms with Gasteiger partial charge in [-0.3, -0.25) is 15.1 Å². The van der Waals surface area contributed by atoms with Crippen LogP contribution < -0.4 is 10.5 Å². The summed E-state index contributed by atoms with van der Waals surface area (Å²) in [7, 11) is 0. The molecular weight excluding hydrogens is 302 g/mol. The Bertz CT molecular complexity index is 461. The molecule has 0 spiro atoms. The Hall–Kier alpha value is -1.21. The van der Waals surface area contributed by atoms with Crippen LogP contribution in [0.1, 0.15) is 25.7 Å². The molecule has 1 saturated carbocycles. The second-order valence-electron chi connectivity index (χ2n) is 4.58. The molecule has 0 unspecified atom stereocenters. The van der Waals surface area contributed by atoms with E-state index in [4.69, 9.17) is 10.5 Å². The van der Waals surface area contributed by atoms with Crippen LogP contribution in [-0.2, 0) is 0 Å². The fraction of sp³-hybridized carbons (Fsp3) is 0.545. The fourth-order valence-electron chi connectivity index (χ4n) is 2.13. The number of halogens is 1. The van der Waals surface area contributed by atoms with Gasteiger partial charge in [0.2, 0.25) is 5.75 Å². The van der Waals surface area contributed by atoms with Gasteiger partial charge in [-0.15, -0.1) is 0 Å². The lowest BCUT2D eigenvalue weighted by molar-refractivity contribution is -0.386. The van der Waals surface area contributed by atoms with E-state index in [2.05, 4.69) is 20.9 Å². The van der Waals surface area contributed by atoms with E-state index in [0.717, 1.165) is 25.7 Å². The summed E-state index contributed by atoms with van der Waals surface area (Å²) in [6, 6.07) is 0. The second-order valence-corrected chi connectivity index (χ2v) is 5.44. The van der Waals surface area contributed by atoms with Gasteiger partial charge in [-0.1, -0.05) is 12.8 Å². The van der Waals surface area contributed by atoms with Gasteiger partial charge in [0, 0.05) is 6.20 Å². The van der Waals surface area contributed by atoms with Crippen LogP contribution in [0, 0.1) is 10.1 Å². The maximum Gasteiger partial charge on any atom is 0.330 e. The number of hydrogen-bond acceptors (Lipinski definition) is 5. The molecule has 1 aromatic heterocycles. The maximum atomic E-state index is 10.9. The number of hydrogen-bond donors (Lipinski definition) is 1. The Morgan fingerprint density at radius 1 is 1.50 bits per heavy atom. The third-order valence-corrected chi connectivity index (χ3v) is 3.70. The van der Waals surface area contributed by atoms with Crippen molar-refractivity contribution in [3.8, 4) is 5.75 Å². The molecule has 0 atom stereocenters. The van der Waals surface area contributed by atoms with Crippen molar-refractivity contribution in [2.75, 3.05) is 6.61 Å². The van der Waals surface area contributed by atoms with Crippen molar-refractivity contribution >= 4 is 21.6 Å². The van der Waals surface area contributed by atoms with Crippen LogP contribution in [0.3, 0.4) is 0 Å². The third kappa shape index (κ3) is 2.78. The predicted octanol–water partition coefficient (Wildman–Crippen LogP) is 2.40. The van der Waals surface area contributed by atoms with Crippen molar-refractivity contribution in [1.29, 1.82) is 0 Å². The van der Waals surface area contributed by atoms with Crippen LogP contribution >= 0.6 is 15.9 Å². The smallest absolute Gasteiger partial charge is 0.330 e. The minimum atomic E-state index is -0.509. The highest BCUT2D eigenvalue weighted by atomic mass is 79.9. The lowest BCUT2D eigenvalue weighted by Crippen LogP contribution is -2.42. The number of nitro groups is 1. The number of nitrogens with zero attached hydrogens (tertiary/aromatic N) is 2. The van der Waals surface area contributed by atoms with Gasteiger partial charge in [-0.25, -0.2) is 0 Å². The molecule has 0 aliphatic heterocycles. The average Bonchev–Trinajstić information content (AvgIpc) is 2.74. The van der Waals surface area contributed by atoms with E-state index in [1.807, 2.05) is 0 Å². The standard InChI is InChI=1S/C11H14BrN3O3/c12-8-5-14-6-9(15(16)17)10(8)18-7-11(13)3-1-2-4-11/h5-6H,1-4,7,13H2. The lowest BCUT2D eigenvalue weighted by Gasteiger charge is -2.23. The van der Waals surface area contributed by atoms with Gasteiger partial charge in [0.15, 0.2) is 0 Å². The quantitative estimate of drug-likeness (QED) is 0.680. The van der Waals surface area contributed by atoms with Crippen molar-refractivity contribution in [2.45, 2.75) is 31.2 Å². The highest BCUT2D eigenvalue weighted by molar-refractivity contribution is 9.10. The van der Waals surface area contributed by atoms with Crippen LogP contribution in [0.2, 0.25) is 0 Å². The van der Waals surface area contributed by atoms with E-state index in [0.29, 0.717) is 4.47 Å². The molecule has 1 fully saturated rings. The van der Waals surface area contributed by atoms with Crippen molar-refractivity contribution in [2.24, 2.45) is 5.73 Å². The maximum absolute atomic E-state index is 10.9. The molecule has 0 saturated heterocycles. The Labute approximate surface area is 113 Å². The Morgan fingerprint density at radius 3 is 2.78 bits per heavy atom. The van der Waals surface area contributed by atoms with E-state index in [1.165, 1.54) is 12.4 Å². The first kappa shape index (κ1) is 13.2. The molecule has 18 heavy (non-hydrogen) atoms. The van der Waals surface area contributed by atoms with Crippen LogP contribution in [-0.4, -0.2) is 22.1 Å². The number of ether oxygens (including phenoxy) is 1. The number of rotatable bonds is 4. The SMILES string of the molecule is NC1(COc2c(Br)cncc2[N+](=O)[O-])CCCC1. The van der Waals surface area contributed by atoms with E-state index >= 15 is 0 Å². The molecule has 1 aliphatic rings. The van der Waals surface area contributed by atoms with E-state index in [9.17, 15) is 10.1 Å². The summed E-state index contributed by atoms with van der Waals surface area (Å²) in [5.41, 5.74) is 5.65. The first-order valence-corrected chi connectivity index (χ1v) is 6.51. The van der Waals surface area contributed by atoms with Gasteiger partial charge in [0.05, 0.1) is 14.9 Å². The minimum absolute atomic E-state index is 0.147. The summed E-state index contributed by atoms with van der Waals surface area (Å²) >= 11 is 3.21. The molecule has 6 nitrogen and oxygen atoms in total. The Kier molecular flexibility index (Phi) is 3.82. The van der Waals surface area contributed by atoms with E-state index in [1.54, 1.807) is 0 Å². The highest BCUT2D eigenvalue weighted by Crippen LogP contribution is 2.35. The summed E-state index contributed by atoms with van der Waals surface area (Å²) < 4.78 is 6.03. The van der Waals surface area contributed by atoms with Gasteiger partial charge in [0.25, 0.3) is 0 Å². The lowest BCUT2D eigenvalue weighted by atomic mass is 10.0. The zero-order valence-corrected chi connectivity index (χ0v) is 11.4. The molecule has 98 valence electrons. The summed E-state index contributed by atoms with van der Waals surface area (Å²) in [5.74, 6) is 0.201. The minimum Gasteiger partial charge on any atom is -0.484 e. The van der Waals surface area contributed by atoms with Crippen LogP contribution in [0.15, 0.2) is 16.9 Å². The van der Waals surface area contributed by atoms with Gasteiger partial charge < -0.3 is 10.5 Å². The van der Waals surface area contributed by atoms with E-state index in [-0.39, 0.29) is 23.6 Å². The largest absolute Gasteiger partial charge is 0.484 e. The number of aromatic nitrogens is 1. The summed E-state index contributed by atoms with van der Waals surface area (Å²) in [5, 5.41) is 10.9. The Balaban J connectivity index is 2.15. The van der Waals surface area contributed by atoms with Gasteiger partial charge in [0.1, 0.15) is 12.8 Å². The summed E-state index contributed by atoms with van der Waals surface area (Å²) in [6.07, 6.45) is 6.60. The first-order chi connectivity index (χ1) is 8.52. The molecule has 1 aliphatic carbocycles. The van der Waals surface area contributed by atoms with Crippen LogP contribution in [0.25, 0.3) is 0 Å². The summed E-state index contributed by atoms with van der Waals surface area (Å²) in [4.78, 5) is 14.1. The third-order valence-electron chi connectivity index (χ3n) is 3.13. The molecule has 0 bridgehead atoms. The van der Waals surface area contributed by atoms with Crippen molar-refractivity contribution in [1.82, 2.24) is 4.98 Å². The highest BCUT2D eigenvalue weighted by Gasteiger charge is 2.31. The number of nitrogens with two attached hydrogens (primary N) is 1. The van der Waals surface area contributed by atoms with E-state index < -0.39 is 4.92 Å². The molecule has 0 aromatic carbocycles. The molecule has 1 heterocycles. The van der Waals surface area contributed by atoms with Gasteiger partial charge in [-0.05, 0) is 28.8 Å². The topological polar surface area (TPSA) is 91.3 Å². The summed E-state index contributed by atoms with van der Waals surface area (Å²) in [6.45, 7) is 0.288. The van der Waals surface area contributed by atoms with Crippen LogP contribution in [0.4, 0.5) is 5.69 Å². The second kappa shape index (κ2) is 5.19. The van der Waals surface area contributed by atoms with Crippen molar-refractivity contribution < 1.29 is 9.66 Å². The molecular formula is C11H14BrN3O3. The fourth-order valence-corrected chi connectivity index (χ4v) is 2.56. The monoisotopic (exact) mass is 315 g/mol. The Morgan fingerprint density at radius 2 is 2.17 bits per heavy atom. The van der Waals surface area contributed by atoms with Crippen molar-refractivity contribution in [3.05, 3.63) is 27.0 Å². The zero-order valence-electron chi connectivity index (χ0n) is 9.76. The first-order valence-electron chi connectivity index (χ1n) is 5.71. The molecule has 2 rings (SSSR count). The van der Waals surface area contributed by atoms with Gasteiger partial charge in [-0.2, -0.15) is 0 Å². The molecule has 7 heteroatoms. The molecule has 0 amide bonds. The van der Waals surface area contributed by atoms with Gasteiger partial charge >= 0.3 is 5.69 Å². The van der Waals surface area contributed by atoms with Crippen LogP contribution in [0.5, 0.6) is 5.75 Å². The average molecular weight is 316 g/mol. The number of pyridine rings is 1. The van der Waals surface area contributed by atoms with Crippen molar-refractivity contribution in [3.63, 3.8) is 0 Å². The predicted molar refractivity (Wildman–Crippen MR) is 69.5 cm³/mol. The molecule has 2 N–H and O–H groups in total. The normalized spacial score (nSPS) is 17.7. The molecule has 0 radical (unpaired) electrons.